The highest BCUT2D eigenvalue weighted by Crippen LogP contribution is 2.24. The van der Waals surface area contributed by atoms with E-state index in [0.29, 0.717) is 35.8 Å². The van der Waals surface area contributed by atoms with Crippen molar-refractivity contribution in [2.75, 3.05) is 26.8 Å². The number of fused-ring (bicyclic) bond motifs is 1. The molecular weight excluding hydrogens is 478 g/mol. The second-order valence-electron chi connectivity index (χ2n) is 7.14. The minimum atomic E-state index is -3.63. The van der Waals surface area contributed by atoms with Gasteiger partial charge >= 0.3 is 5.97 Å². The van der Waals surface area contributed by atoms with Crippen LogP contribution in [0.5, 0.6) is 5.75 Å². The number of esters is 1. The Morgan fingerprint density at radius 1 is 1.06 bits per heavy atom. The maximum absolute atomic E-state index is 12.9. The van der Waals surface area contributed by atoms with Crippen molar-refractivity contribution in [3.63, 3.8) is 0 Å². The lowest BCUT2D eigenvalue weighted by molar-refractivity contribution is -0.141. The first-order valence-electron chi connectivity index (χ1n) is 10.8. The number of hydrogen-bond donors (Lipinski definition) is 0. The zero-order valence-corrected chi connectivity index (χ0v) is 21.1. The lowest BCUT2D eigenvalue weighted by Crippen LogP contribution is -2.30. The molecule has 1 heterocycles. The van der Waals surface area contributed by atoms with Crippen molar-refractivity contribution in [2.45, 2.75) is 32.2 Å². The Hall–Kier alpha value is -3.02. The highest BCUT2D eigenvalue weighted by Gasteiger charge is 2.22. The third-order valence-electron chi connectivity index (χ3n) is 5.12. The van der Waals surface area contributed by atoms with Crippen molar-refractivity contribution in [3.05, 3.63) is 52.8 Å². The fourth-order valence-electron chi connectivity index (χ4n) is 3.38. The SMILES string of the molecule is CCOc1ccc2c(c1)sc(=NC(=O)c1ccc(S(=O)(=O)N(CC)CC)cc1)n2CC(=O)OC. The molecule has 0 spiro atoms. The molecule has 1 aromatic heterocycles. The van der Waals surface area contributed by atoms with Gasteiger partial charge in [0.05, 0.1) is 28.8 Å². The maximum Gasteiger partial charge on any atom is 0.325 e. The molecule has 182 valence electrons. The maximum atomic E-state index is 12.9. The molecule has 0 radical (unpaired) electrons. The van der Waals surface area contributed by atoms with Crippen LogP contribution < -0.4 is 9.54 Å². The topological polar surface area (TPSA) is 107 Å². The van der Waals surface area contributed by atoms with Gasteiger partial charge in [0.1, 0.15) is 12.3 Å². The smallest absolute Gasteiger partial charge is 0.325 e. The van der Waals surface area contributed by atoms with Crippen molar-refractivity contribution < 1.29 is 27.5 Å². The summed E-state index contributed by atoms with van der Waals surface area (Å²) in [6.45, 7) is 6.52. The number of methoxy groups -OCH3 is 1. The van der Waals surface area contributed by atoms with Gasteiger partial charge in [0.2, 0.25) is 10.0 Å². The Morgan fingerprint density at radius 3 is 2.32 bits per heavy atom. The molecule has 0 aliphatic carbocycles. The molecular formula is C23H27N3O6S2. The second-order valence-corrected chi connectivity index (χ2v) is 10.1. The molecule has 0 saturated carbocycles. The monoisotopic (exact) mass is 505 g/mol. The van der Waals surface area contributed by atoms with Crippen LogP contribution in [-0.4, -0.2) is 56.0 Å². The van der Waals surface area contributed by atoms with Crippen LogP contribution in [0.4, 0.5) is 0 Å². The summed E-state index contributed by atoms with van der Waals surface area (Å²) in [4.78, 5) is 29.5. The average molecular weight is 506 g/mol. The molecule has 0 aliphatic heterocycles. The van der Waals surface area contributed by atoms with Crippen LogP contribution in [-0.2, 0) is 26.1 Å². The number of aromatic nitrogens is 1. The summed E-state index contributed by atoms with van der Waals surface area (Å²) in [5.41, 5.74) is 0.946. The number of hydrogen-bond acceptors (Lipinski definition) is 7. The third-order valence-corrected chi connectivity index (χ3v) is 8.23. The molecule has 0 bridgehead atoms. The summed E-state index contributed by atoms with van der Waals surface area (Å²) in [6.07, 6.45) is 0. The Labute approximate surface area is 202 Å². The fraction of sp³-hybridized carbons (Fsp3) is 0.348. The Balaban J connectivity index is 2.01. The number of ether oxygens (including phenoxy) is 2. The van der Waals surface area contributed by atoms with Crippen LogP contribution in [0, 0.1) is 0 Å². The molecule has 2 aromatic carbocycles. The number of sulfonamides is 1. The van der Waals surface area contributed by atoms with Gasteiger partial charge in [-0.3, -0.25) is 9.59 Å². The van der Waals surface area contributed by atoms with Crippen LogP contribution in [0.15, 0.2) is 52.4 Å². The molecule has 0 aliphatic rings. The number of amides is 1. The third kappa shape index (κ3) is 5.37. The molecule has 0 fully saturated rings. The van der Waals surface area contributed by atoms with Crippen molar-refractivity contribution in [1.29, 1.82) is 0 Å². The first-order valence-corrected chi connectivity index (χ1v) is 13.0. The van der Waals surface area contributed by atoms with Gasteiger partial charge < -0.3 is 14.0 Å². The van der Waals surface area contributed by atoms with E-state index in [1.165, 1.54) is 47.0 Å². The predicted molar refractivity (Wildman–Crippen MR) is 129 cm³/mol. The molecule has 9 nitrogen and oxygen atoms in total. The van der Waals surface area contributed by atoms with E-state index >= 15 is 0 Å². The van der Waals surface area contributed by atoms with E-state index in [2.05, 4.69) is 4.99 Å². The summed E-state index contributed by atoms with van der Waals surface area (Å²) in [5, 5.41) is 0. The Kier molecular flexibility index (Phi) is 8.24. The lowest BCUT2D eigenvalue weighted by Gasteiger charge is -2.18. The van der Waals surface area contributed by atoms with Crippen LogP contribution in [0.2, 0.25) is 0 Å². The Morgan fingerprint density at radius 2 is 1.74 bits per heavy atom. The number of carbonyl (C=O) groups excluding carboxylic acids is 2. The zero-order valence-electron chi connectivity index (χ0n) is 19.5. The molecule has 3 rings (SSSR count). The predicted octanol–water partition coefficient (Wildman–Crippen LogP) is 3.05. The summed E-state index contributed by atoms with van der Waals surface area (Å²) >= 11 is 1.24. The van der Waals surface area contributed by atoms with Crippen LogP contribution in [0.1, 0.15) is 31.1 Å². The van der Waals surface area contributed by atoms with E-state index < -0.39 is 21.9 Å². The van der Waals surface area contributed by atoms with Gasteiger partial charge in [0.25, 0.3) is 5.91 Å². The minimum absolute atomic E-state index is 0.110. The summed E-state index contributed by atoms with van der Waals surface area (Å²) in [7, 11) is -2.33. The van der Waals surface area contributed by atoms with E-state index in [9.17, 15) is 18.0 Å². The van der Waals surface area contributed by atoms with Gasteiger partial charge in [-0.1, -0.05) is 25.2 Å². The number of thiazole rings is 1. The quantitative estimate of drug-likeness (QED) is 0.414. The van der Waals surface area contributed by atoms with Crippen LogP contribution in [0.25, 0.3) is 10.2 Å². The zero-order chi connectivity index (χ0) is 24.9. The number of rotatable bonds is 9. The normalized spacial score (nSPS) is 12.3. The molecule has 3 aromatic rings. The molecule has 0 unspecified atom stereocenters. The van der Waals surface area contributed by atoms with E-state index in [0.717, 1.165) is 4.70 Å². The van der Waals surface area contributed by atoms with Crippen molar-refractivity contribution >= 4 is 43.5 Å². The van der Waals surface area contributed by atoms with Crippen LogP contribution >= 0.6 is 11.3 Å². The molecule has 0 atom stereocenters. The number of nitrogens with zero attached hydrogens (tertiary/aromatic N) is 3. The van der Waals surface area contributed by atoms with Crippen molar-refractivity contribution in [3.8, 4) is 5.75 Å². The minimum Gasteiger partial charge on any atom is -0.494 e. The van der Waals surface area contributed by atoms with E-state index in [1.807, 2.05) is 13.0 Å². The van der Waals surface area contributed by atoms with Gasteiger partial charge in [-0.05, 0) is 49.4 Å². The van der Waals surface area contributed by atoms with Crippen molar-refractivity contribution in [2.24, 2.45) is 4.99 Å². The lowest BCUT2D eigenvalue weighted by atomic mass is 10.2. The van der Waals surface area contributed by atoms with E-state index in [1.54, 1.807) is 30.5 Å². The summed E-state index contributed by atoms with van der Waals surface area (Å²) < 4.78 is 39.4. The van der Waals surface area contributed by atoms with Gasteiger partial charge in [0.15, 0.2) is 4.80 Å². The number of carbonyl (C=O) groups is 2. The first kappa shape index (κ1) is 25.6. The standard InChI is InChI=1S/C23H27N3O6S2/c1-5-25(6-2)34(29,30)18-11-8-16(9-12-18)22(28)24-23-26(15-21(27)31-4)19-13-10-17(32-7-3)14-20(19)33-23/h8-14H,5-7,15H2,1-4H3. The molecule has 11 heteroatoms. The second kappa shape index (κ2) is 10.9. The average Bonchev–Trinajstić information content (AvgIpc) is 3.15. The highest BCUT2D eigenvalue weighted by molar-refractivity contribution is 7.89. The Bertz CT molecular complexity index is 1350. The fourth-order valence-corrected chi connectivity index (χ4v) is 5.89. The largest absolute Gasteiger partial charge is 0.494 e. The van der Waals surface area contributed by atoms with E-state index in [-0.39, 0.29) is 17.0 Å². The number of benzene rings is 2. The summed E-state index contributed by atoms with van der Waals surface area (Å²) in [5.74, 6) is -0.361. The molecule has 1 amide bonds. The highest BCUT2D eigenvalue weighted by atomic mass is 32.2. The molecule has 0 N–H and O–H groups in total. The first-order chi connectivity index (χ1) is 16.2. The molecule has 34 heavy (non-hydrogen) atoms. The van der Waals surface area contributed by atoms with Gasteiger partial charge in [-0.15, -0.1) is 0 Å². The van der Waals surface area contributed by atoms with Crippen LogP contribution in [0.3, 0.4) is 0 Å². The van der Waals surface area contributed by atoms with Gasteiger partial charge in [0, 0.05) is 18.7 Å². The summed E-state index contributed by atoms with van der Waals surface area (Å²) in [6, 6.07) is 11.1. The van der Waals surface area contributed by atoms with Crippen molar-refractivity contribution in [1.82, 2.24) is 8.87 Å². The van der Waals surface area contributed by atoms with E-state index in [4.69, 9.17) is 9.47 Å². The van der Waals surface area contributed by atoms with Gasteiger partial charge in [-0.25, -0.2) is 8.42 Å². The molecule has 0 saturated heterocycles. The van der Waals surface area contributed by atoms with Gasteiger partial charge in [-0.2, -0.15) is 9.30 Å².